The van der Waals surface area contributed by atoms with Crippen molar-refractivity contribution in [2.45, 2.75) is 40.0 Å². The first-order valence-corrected chi connectivity index (χ1v) is 7.01. The third kappa shape index (κ3) is 1.92. The Morgan fingerprint density at radius 1 is 1.30 bits per heavy atom. The average molecular weight is 269 g/mol. The predicted octanol–water partition coefficient (Wildman–Crippen LogP) is 4.14. The molecule has 0 amide bonds. The van der Waals surface area contributed by atoms with Crippen LogP contribution in [0.15, 0.2) is 29.2 Å². The lowest BCUT2D eigenvalue weighted by atomic mass is 9.94. The Morgan fingerprint density at radius 2 is 2.10 bits per heavy atom. The van der Waals surface area contributed by atoms with Gasteiger partial charge in [-0.05, 0) is 37.8 Å². The largest absolute Gasteiger partial charge is 0.354 e. The SMILES string of the molecule is CCC(C)c1ccc(-n2cnc(C)c2)c2onc(C)c12. The Morgan fingerprint density at radius 3 is 2.75 bits per heavy atom. The van der Waals surface area contributed by atoms with Gasteiger partial charge in [-0.1, -0.05) is 25.1 Å². The van der Waals surface area contributed by atoms with Crippen molar-refractivity contribution in [3.8, 4) is 5.69 Å². The monoisotopic (exact) mass is 269 g/mol. The second-order valence-electron chi connectivity index (χ2n) is 5.38. The van der Waals surface area contributed by atoms with Crippen LogP contribution < -0.4 is 0 Å². The second kappa shape index (κ2) is 4.78. The van der Waals surface area contributed by atoms with E-state index < -0.39 is 0 Å². The number of imidazole rings is 1. The molecule has 3 rings (SSSR count). The first-order valence-electron chi connectivity index (χ1n) is 7.01. The zero-order chi connectivity index (χ0) is 14.3. The van der Waals surface area contributed by atoms with Gasteiger partial charge in [-0.2, -0.15) is 0 Å². The second-order valence-corrected chi connectivity index (χ2v) is 5.38. The Labute approximate surface area is 118 Å². The highest BCUT2D eigenvalue weighted by Crippen LogP contribution is 2.33. The van der Waals surface area contributed by atoms with Gasteiger partial charge in [0.2, 0.25) is 0 Å². The number of fused-ring (bicyclic) bond motifs is 1. The summed E-state index contributed by atoms with van der Waals surface area (Å²) in [6.07, 6.45) is 4.91. The van der Waals surface area contributed by atoms with Crippen molar-refractivity contribution in [2.24, 2.45) is 0 Å². The maximum absolute atomic E-state index is 5.58. The molecule has 4 nitrogen and oxygen atoms in total. The van der Waals surface area contributed by atoms with E-state index in [2.05, 4.69) is 36.1 Å². The molecule has 0 radical (unpaired) electrons. The minimum atomic E-state index is 0.495. The van der Waals surface area contributed by atoms with Crippen LogP contribution in [0.2, 0.25) is 0 Å². The van der Waals surface area contributed by atoms with Crippen LogP contribution in [-0.2, 0) is 0 Å². The molecule has 4 heteroatoms. The average Bonchev–Trinajstić information content (AvgIpc) is 3.04. The summed E-state index contributed by atoms with van der Waals surface area (Å²) in [5.74, 6) is 0.495. The first kappa shape index (κ1) is 12.9. The summed E-state index contributed by atoms with van der Waals surface area (Å²) in [6.45, 7) is 8.42. The van der Waals surface area contributed by atoms with E-state index in [4.69, 9.17) is 4.52 Å². The number of hydrogen-bond acceptors (Lipinski definition) is 3. The van der Waals surface area contributed by atoms with Crippen molar-refractivity contribution >= 4 is 11.0 Å². The summed E-state index contributed by atoms with van der Waals surface area (Å²) in [5, 5.41) is 5.30. The molecular weight excluding hydrogens is 250 g/mol. The number of rotatable bonds is 3. The molecule has 0 aliphatic rings. The van der Waals surface area contributed by atoms with Gasteiger partial charge < -0.3 is 9.09 Å². The van der Waals surface area contributed by atoms with Gasteiger partial charge in [0.1, 0.15) is 0 Å². The molecule has 0 N–H and O–H groups in total. The van der Waals surface area contributed by atoms with E-state index in [9.17, 15) is 0 Å². The summed E-state index contributed by atoms with van der Waals surface area (Å²) in [6, 6.07) is 4.28. The molecule has 1 aromatic carbocycles. The Kier molecular flexibility index (Phi) is 3.08. The van der Waals surface area contributed by atoms with Gasteiger partial charge in [0.25, 0.3) is 0 Å². The lowest BCUT2D eigenvalue weighted by Crippen LogP contribution is -1.97. The van der Waals surface area contributed by atoms with E-state index in [0.29, 0.717) is 5.92 Å². The quantitative estimate of drug-likeness (QED) is 0.717. The van der Waals surface area contributed by atoms with E-state index in [-0.39, 0.29) is 0 Å². The van der Waals surface area contributed by atoms with E-state index in [0.717, 1.165) is 34.5 Å². The molecule has 2 heterocycles. The number of aromatic nitrogens is 3. The van der Waals surface area contributed by atoms with Gasteiger partial charge in [0.05, 0.1) is 28.8 Å². The van der Waals surface area contributed by atoms with E-state index >= 15 is 0 Å². The van der Waals surface area contributed by atoms with E-state index in [1.807, 2.05) is 30.9 Å². The highest BCUT2D eigenvalue weighted by molar-refractivity contribution is 5.90. The van der Waals surface area contributed by atoms with Crippen molar-refractivity contribution in [1.82, 2.24) is 14.7 Å². The smallest absolute Gasteiger partial charge is 0.191 e. The molecule has 0 saturated carbocycles. The third-order valence-corrected chi connectivity index (χ3v) is 3.94. The van der Waals surface area contributed by atoms with E-state index in [1.54, 1.807) is 0 Å². The molecule has 0 fully saturated rings. The van der Waals surface area contributed by atoms with Crippen LogP contribution in [0.3, 0.4) is 0 Å². The summed E-state index contributed by atoms with van der Waals surface area (Å²) in [7, 11) is 0. The van der Waals surface area contributed by atoms with Crippen LogP contribution in [0.5, 0.6) is 0 Å². The highest BCUT2D eigenvalue weighted by atomic mass is 16.5. The van der Waals surface area contributed by atoms with Crippen molar-refractivity contribution in [1.29, 1.82) is 0 Å². The topological polar surface area (TPSA) is 43.9 Å². The molecule has 3 aromatic rings. The number of hydrogen-bond donors (Lipinski definition) is 0. The summed E-state index contributed by atoms with van der Waals surface area (Å²) >= 11 is 0. The molecule has 1 atom stereocenters. The van der Waals surface area contributed by atoms with Crippen LogP contribution >= 0.6 is 0 Å². The van der Waals surface area contributed by atoms with Crippen LogP contribution in [0.4, 0.5) is 0 Å². The molecule has 0 bridgehead atoms. The minimum absolute atomic E-state index is 0.495. The van der Waals surface area contributed by atoms with Crippen molar-refractivity contribution < 1.29 is 4.52 Å². The maximum atomic E-state index is 5.58. The normalized spacial score (nSPS) is 13.0. The van der Waals surface area contributed by atoms with Crippen molar-refractivity contribution in [3.05, 3.63) is 41.6 Å². The zero-order valence-electron chi connectivity index (χ0n) is 12.3. The van der Waals surface area contributed by atoms with Crippen LogP contribution in [0, 0.1) is 13.8 Å². The molecular formula is C16H19N3O. The summed E-state index contributed by atoms with van der Waals surface area (Å²) in [5.41, 5.74) is 5.09. The van der Waals surface area contributed by atoms with Crippen LogP contribution in [0.25, 0.3) is 16.7 Å². The Hall–Kier alpha value is -2.10. The molecule has 0 aliphatic heterocycles. The van der Waals surface area contributed by atoms with Gasteiger partial charge in [0, 0.05) is 6.20 Å². The molecule has 2 aromatic heterocycles. The van der Waals surface area contributed by atoms with Gasteiger partial charge in [-0.15, -0.1) is 0 Å². The fourth-order valence-electron chi connectivity index (χ4n) is 2.60. The Balaban J connectivity index is 2.27. The van der Waals surface area contributed by atoms with Gasteiger partial charge in [0.15, 0.2) is 5.58 Å². The molecule has 1 unspecified atom stereocenters. The summed E-state index contributed by atoms with van der Waals surface area (Å²) in [4.78, 5) is 4.28. The zero-order valence-corrected chi connectivity index (χ0v) is 12.3. The first-order chi connectivity index (χ1) is 9.61. The molecule has 0 aliphatic carbocycles. The van der Waals surface area contributed by atoms with Gasteiger partial charge >= 0.3 is 0 Å². The molecule has 20 heavy (non-hydrogen) atoms. The van der Waals surface area contributed by atoms with Crippen molar-refractivity contribution in [3.63, 3.8) is 0 Å². The number of aryl methyl sites for hydroxylation is 2. The predicted molar refractivity (Wildman–Crippen MR) is 79.3 cm³/mol. The van der Waals surface area contributed by atoms with Gasteiger partial charge in [-0.25, -0.2) is 4.98 Å². The van der Waals surface area contributed by atoms with Crippen LogP contribution in [-0.4, -0.2) is 14.7 Å². The molecule has 0 spiro atoms. The fraction of sp³-hybridized carbons (Fsp3) is 0.375. The van der Waals surface area contributed by atoms with Crippen LogP contribution in [0.1, 0.15) is 43.1 Å². The minimum Gasteiger partial charge on any atom is -0.354 e. The standard InChI is InChI=1S/C16H19N3O/c1-5-10(2)13-6-7-14(19-8-11(3)17-9-19)16-15(13)12(4)18-20-16/h6-10H,5H2,1-4H3. The van der Waals surface area contributed by atoms with Gasteiger partial charge in [-0.3, -0.25) is 0 Å². The third-order valence-electron chi connectivity index (χ3n) is 3.94. The van der Waals surface area contributed by atoms with E-state index in [1.165, 1.54) is 5.56 Å². The number of benzene rings is 1. The molecule has 0 saturated heterocycles. The van der Waals surface area contributed by atoms with Crippen molar-refractivity contribution in [2.75, 3.05) is 0 Å². The molecule has 104 valence electrons. The summed E-state index contributed by atoms with van der Waals surface area (Å²) < 4.78 is 7.57. The lowest BCUT2D eigenvalue weighted by molar-refractivity contribution is 0.449. The lowest BCUT2D eigenvalue weighted by Gasteiger charge is -2.12. The highest BCUT2D eigenvalue weighted by Gasteiger charge is 2.17. The fourth-order valence-corrected chi connectivity index (χ4v) is 2.60. The number of nitrogens with zero attached hydrogens (tertiary/aromatic N) is 3. The maximum Gasteiger partial charge on any atom is 0.191 e. The Bertz CT molecular complexity index is 754.